The Balaban J connectivity index is 1.92. The van der Waals surface area contributed by atoms with E-state index >= 15 is 0 Å². The van der Waals surface area contributed by atoms with Gasteiger partial charge in [-0.15, -0.1) is 0 Å². The van der Waals surface area contributed by atoms with Gasteiger partial charge in [0.25, 0.3) is 5.69 Å². The highest BCUT2D eigenvalue weighted by atomic mass is 79.9. The van der Waals surface area contributed by atoms with E-state index in [1.807, 2.05) is 0 Å². The van der Waals surface area contributed by atoms with E-state index in [-0.39, 0.29) is 12.5 Å². The minimum Gasteiger partial charge on any atom is -0.456 e. The third kappa shape index (κ3) is 5.67. The summed E-state index contributed by atoms with van der Waals surface area (Å²) in [4.78, 5) is 14.3. The maximum Gasteiger partial charge on any atom is 0.420 e. The lowest BCUT2D eigenvalue weighted by Gasteiger charge is -2.16. The molecule has 0 radical (unpaired) electrons. The van der Waals surface area contributed by atoms with Crippen molar-refractivity contribution >= 4 is 40.7 Å². The Hall–Kier alpha value is -2.44. The summed E-state index contributed by atoms with van der Waals surface area (Å²) in [5, 5.41) is 11.4. The molecule has 1 aromatic carbocycles. The number of nitro groups is 1. The van der Waals surface area contributed by atoms with Crippen molar-refractivity contribution in [3.63, 3.8) is 0 Å². The first-order valence-corrected chi connectivity index (χ1v) is 14.1. The molecule has 0 amide bonds. The average molecular weight is 532 g/mol. The molecule has 2 heterocycles. The quantitative estimate of drug-likeness (QED) is 0.138. The fourth-order valence-electron chi connectivity index (χ4n) is 2.92. The van der Waals surface area contributed by atoms with Crippen LogP contribution >= 0.6 is 15.9 Å². The monoisotopic (exact) mass is 531 g/mol. The molecule has 0 bridgehead atoms. The number of pyridine rings is 1. The second kappa shape index (κ2) is 9.20. The molecule has 0 fully saturated rings. The lowest BCUT2D eigenvalue weighted by atomic mass is 10.1. The molecule has 172 valence electrons. The summed E-state index contributed by atoms with van der Waals surface area (Å²) in [5.74, 6) is -0.413. The Morgan fingerprint density at radius 3 is 2.56 bits per heavy atom. The number of alkyl halides is 3. The Morgan fingerprint density at radius 2 is 1.94 bits per heavy atom. The third-order valence-corrected chi connectivity index (χ3v) is 6.90. The van der Waals surface area contributed by atoms with Gasteiger partial charge in [0, 0.05) is 43.7 Å². The molecule has 32 heavy (non-hydrogen) atoms. The van der Waals surface area contributed by atoms with Crippen LogP contribution in [0.2, 0.25) is 25.7 Å². The van der Waals surface area contributed by atoms with Gasteiger partial charge in [0.15, 0.2) is 0 Å². The number of nitro benzene ring substituents is 1. The molecule has 3 aromatic rings. The topological polar surface area (TPSA) is 79.4 Å². The van der Waals surface area contributed by atoms with Gasteiger partial charge in [-0.05, 0) is 34.1 Å². The number of nitrogens with zero attached hydrogens (tertiary/aromatic N) is 3. The molecule has 0 aliphatic heterocycles. The normalized spacial score (nSPS) is 12.3. The van der Waals surface area contributed by atoms with Crippen LogP contribution in [0.25, 0.3) is 11.0 Å². The molecular weight excluding hydrogens is 511 g/mol. The molecule has 2 aromatic heterocycles. The van der Waals surface area contributed by atoms with Gasteiger partial charge in [-0.25, -0.2) is 4.98 Å². The fourth-order valence-corrected chi connectivity index (χ4v) is 4.30. The summed E-state index contributed by atoms with van der Waals surface area (Å²) in [5.41, 5.74) is -1.44. The first-order chi connectivity index (χ1) is 14.9. The van der Waals surface area contributed by atoms with Crippen molar-refractivity contribution in [2.45, 2.75) is 38.6 Å². The molecule has 0 unspecified atom stereocenters. The predicted molar refractivity (Wildman–Crippen MR) is 120 cm³/mol. The van der Waals surface area contributed by atoms with Gasteiger partial charge in [-0.1, -0.05) is 19.6 Å². The SMILES string of the molecule is C[Si](C)(C)CCOCn1cc(Br)c2c(Oc3ccc([N+](=O)[O-])cc3C(F)(F)F)ccnc21. The Morgan fingerprint density at radius 1 is 1.22 bits per heavy atom. The fraction of sp³-hybridized carbons (Fsp3) is 0.350. The Labute approximate surface area is 191 Å². The predicted octanol–water partition coefficient (Wildman–Crippen LogP) is 6.83. The van der Waals surface area contributed by atoms with E-state index in [9.17, 15) is 23.3 Å². The van der Waals surface area contributed by atoms with Gasteiger partial charge >= 0.3 is 6.18 Å². The summed E-state index contributed by atoms with van der Waals surface area (Å²) in [6.45, 7) is 7.57. The van der Waals surface area contributed by atoms with Crippen molar-refractivity contribution in [2.75, 3.05) is 6.61 Å². The van der Waals surface area contributed by atoms with Gasteiger partial charge in [-0.3, -0.25) is 10.1 Å². The molecular formula is C20H21BrF3N3O4Si. The van der Waals surface area contributed by atoms with E-state index in [1.165, 1.54) is 12.3 Å². The number of hydrogen-bond donors (Lipinski definition) is 0. The highest BCUT2D eigenvalue weighted by molar-refractivity contribution is 9.10. The summed E-state index contributed by atoms with van der Waals surface area (Å²) in [6, 6.07) is 4.80. The number of benzene rings is 1. The van der Waals surface area contributed by atoms with Crippen LogP contribution in [0.5, 0.6) is 11.5 Å². The molecule has 0 spiro atoms. The standard InChI is InChI=1S/C20H21BrF3N3O4Si/c1-32(2,3)9-8-30-12-26-11-15(21)18-17(6-7-25-19(18)26)31-16-5-4-13(27(28)29)10-14(16)20(22,23)24/h4-7,10-11H,8-9,12H2,1-3H3. The number of rotatable bonds is 8. The van der Waals surface area contributed by atoms with Gasteiger partial charge < -0.3 is 14.0 Å². The molecule has 3 rings (SSSR count). The molecule has 0 atom stereocenters. The number of ether oxygens (including phenoxy) is 2. The third-order valence-electron chi connectivity index (χ3n) is 4.60. The smallest absolute Gasteiger partial charge is 0.420 e. The van der Waals surface area contributed by atoms with E-state index in [1.54, 1.807) is 10.8 Å². The van der Waals surface area contributed by atoms with Gasteiger partial charge in [-0.2, -0.15) is 13.2 Å². The number of hydrogen-bond acceptors (Lipinski definition) is 5. The maximum atomic E-state index is 13.5. The minimum atomic E-state index is -4.83. The number of non-ortho nitro benzene ring substituents is 1. The highest BCUT2D eigenvalue weighted by Gasteiger charge is 2.36. The maximum absolute atomic E-state index is 13.5. The average Bonchev–Trinajstić information content (AvgIpc) is 3.00. The summed E-state index contributed by atoms with van der Waals surface area (Å²) < 4.78 is 54.2. The van der Waals surface area contributed by atoms with Gasteiger partial charge in [0.1, 0.15) is 29.4 Å². The lowest BCUT2D eigenvalue weighted by molar-refractivity contribution is -0.385. The molecule has 0 aliphatic rings. The van der Waals surface area contributed by atoms with E-state index < -0.39 is 36.2 Å². The van der Waals surface area contributed by atoms with Crippen molar-refractivity contribution in [3.8, 4) is 11.5 Å². The van der Waals surface area contributed by atoms with Crippen LogP contribution < -0.4 is 4.74 Å². The van der Waals surface area contributed by atoms with Crippen LogP contribution in [0.1, 0.15) is 5.56 Å². The van der Waals surface area contributed by atoms with Crippen molar-refractivity contribution in [1.29, 1.82) is 0 Å². The molecule has 0 N–H and O–H groups in total. The molecule has 0 saturated carbocycles. The first-order valence-electron chi connectivity index (χ1n) is 9.61. The van der Waals surface area contributed by atoms with E-state index in [0.29, 0.717) is 28.2 Å². The van der Waals surface area contributed by atoms with Crippen LogP contribution in [-0.2, 0) is 17.6 Å². The van der Waals surface area contributed by atoms with Crippen LogP contribution in [0.3, 0.4) is 0 Å². The molecule has 0 saturated heterocycles. The Kier molecular flexibility index (Phi) is 6.96. The van der Waals surface area contributed by atoms with Crippen molar-refractivity contribution in [2.24, 2.45) is 0 Å². The summed E-state index contributed by atoms with van der Waals surface area (Å²) >= 11 is 3.41. The number of halogens is 4. The number of fused-ring (bicyclic) bond motifs is 1. The Bertz CT molecular complexity index is 1150. The summed E-state index contributed by atoms with van der Waals surface area (Å²) in [7, 11) is -1.24. The van der Waals surface area contributed by atoms with E-state index in [4.69, 9.17) is 9.47 Å². The second-order valence-electron chi connectivity index (χ2n) is 8.34. The van der Waals surface area contributed by atoms with Gasteiger partial charge in [0.2, 0.25) is 0 Å². The van der Waals surface area contributed by atoms with Crippen LogP contribution in [0.4, 0.5) is 18.9 Å². The van der Waals surface area contributed by atoms with Crippen molar-refractivity contribution < 1.29 is 27.6 Å². The highest BCUT2D eigenvalue weighted by Crippen LogP contribution is 2.42. The van der Waals surface area contributed by atoms with Crippen molar-refractivity contribution in [3.05, 3.63) is 56.8 Å². The van der Waals surface area contributed by atoms with E-state index in [0.717, 1.165) is 18.2 Å². The zero-order chi connectivity index (χ0) is 23.7. The first kappa shape index (κ1) is 24.2. The van der Waals surface area contributed by atoms with E-state index in [2.05, 4.69) is 40.6 Å². The molecule has 7 nitrogen and oxygen atoms in total. The van der Waals surface area contributed by atoms with Crippen molar-refractivity contribution in [1.82, 2.24) is 9.55 Å². The van der Waals surface area contributed by atoms with Crippen LogP contribution in [-0.4, -0.2) is 29.2 Å². The zero-order valence-electron chi connectivity index (χ0n) is 17.6. The molecule has 0 aliphatic carbocycles. The largest absolute Gasteiger partial charge is 0.456 e. The van der Waals surface area contributed by atoms with Crippen LogP contribution in [0, 0.1) is 10.1 Å². The molecule has 12 heteroatoms. The number of aromatic nitrogens is 2. The van der Waals surface area contributed by atoms with Crippen LogP contribution in [0.15, 0.2) is 41.1 Å². The lowest BCUT2D eigenvalue weighted by Crippen LogP contribution is -2.22. The zero-order valence-corrected chi connectivity index (χ0v) is 20.2. The second-order valence-corrected chi connectivity index (χ2v) is 14.8. The summed E-state index contributed by atoms with van der Waals surface area (Å²) in [6.07, 6.45) is -1.69. The minimum absolute atomic E-state index is 0.127. The van der Waals surface area contributed by atoms with Gasteiger partial charge in [0.05, 0.1) is 10.3 Å².